The highest BCUT2D eigenvalue weighted by atomic mass is 32.1. The van der Waals surface area contributed by atoms with Crippen LogP contribution in [0.15, 0.2) is 23.6 Å². The summed E-state index contributed by atoms with van der Waals surface area (Å²) in [7, 11) is 1.65. The Balaban J connectivity index is 2.11. The standard InChI is InChI=1S/C17H23N3OS/c1-5-20(15-7-12(2)6-13(3)8-15)10-14-11-22-17(19-14)9-16(21)18-4/h6-8,11H,5,9-10H2,1-4H3,(H,18,21). The van der Waals surface area contributed by atoms with Crippen molar-refractivity contribution in [2.75, 3.05) is 18.5 Å². The maximum Gasteiger partial charge on any atom is 0.226 e. The lowest BCUT2D eigenvalue weighted by Crippen LogP contribution is -2.22. The molecule has 0 bridgehead atoms. The number of benzene rings is 1. The van der Waals surface area contributed by atoms with Crippen LogP contribution in [0.4, 0.5) is 5.69 Å². The molecule has 0 saturated carbocycles. The van der Waals surface area contributed by atoms with Gasteiger partial charge in [-0.15, -0.1) is 11.3 Å². The third-order valence-electron chi connectivity index (χ3n) is 3.50. The Bertz CT molecular complexity index is 631. The quantitative estimate of drug-likeness (QED) is 0.890. The maximum absolute atomic E-state index is 11.4. The first kappa shape index (κ1) is 16.5. The topological polar surface area (TPSA) is 45.2 Å². The molecule has 2 rings (SSSR count). The number of anilines is 1. The van der Waals surface area contributed by atoms with E-state index in [1.165, 1.54) is 16.8 Å². The minimum absolute atomic E-state index is 0.00237. The fraction of sp³-hybridized carbons (Fsp3) is 0.412. The summed E-state index contributed by atoms with van der Waals surface area (Å²) in [6.07, 6.45) is 0.358. The van der Waals surface area contributed by atoms with Crippen molar-refractivity contribution >= 4 is 22.9 Å². The zero-order valence-electron chi connectivity index (χ0n) is 13.6. The first-order valence-electron chi connectivity index (χ1n) is 7.49. The van der Waals surface area contributed by atoms with Gasteiger partial charge in [0.1, 0.15) is 5.01 Å². The Hall–Kier alpha value is -1.88. The largest absolute Gasteiger partial charge is 0.366 e. The number of nitrogens with one attached hydrogen (secondary N) is 1. The molecule has 1 N–H and O–H groups in total. The first-order valence-corrected chi connectivity index (χ1v) is 8.37. The minimum atomic E-state index is 0.00237. The zero-order chi connectivity index (χ0) is 16.1. The Morgan fingerprint density at radius 3 is 2.55 bits per heavy atom. The zero-order valence-corrected chi connectivity index (χ0v) is 14.5. The molecule has 0 unspecified atom stereocenters. The van der Waals surface area contributed by atoms with Crippen LogP contribution in [0.25, 0.3) is 0 Å². The normalized spacial score (nSPS) is 10.5. The average molecular weight is 317 g/mol. The fourth-order valence-electron chi connectivity index (χ4n) is 2.44. The molecule has 4 nitrogen and oxygen atoms in total. The summed E-state index contributed by atoms with van der Waals surface area (Å²) in [6, 6.07) is 6.59. The molecular formula is C17H23N3OS. The number of amides is 1. The Morgan fingerprint density at radius 2 is 1.95 bits per heavy atom. The van der Waals surface area contributed by atoms with E-state index in [0.717, 1.165) is 23.8 Å². The van der Waals surface area contributed by atoms with E-state index in [2.05, 4.69) is 54.2 Å². The van der Waals surface area contributed by atoms with Crippen molar-refractivity contribution in [1.82, 2.24) is 10.3 Å². The maximum atomic E-state index is 11.4. The molecule has 0 spiro atoms. The van der Waals surface area contributed by atoms with Gasteiger partial charge in [-0.05, 0) is 44.0 Å². The molecule has 0 radical (unpaired) electrons. The molecule has 5 heteroatoms. The number of hydrogen-bond acceptors (Lipinski definition) is 4. The summed E-state index contributed by atoms with van der Waals surface area (Å²) in [5.41, 5.74) is 4.78. The Kier molecular flexibility index (Phi) is 5.55. The predicted octanol–water partition coefficient (Wildman–Crippen LogP) is 3.07. The van der Waals surface area contributed by atoms with Gasteiger partial charge >= 0.3 is 0 Å². The molecule has 1 heterocycles. The average Bonchev–Trinajstić information content (AvgIpc) is 2.90. The van der Waals surface area contributed by atoms with E-state index in [4.69, 9.17) is 0 Å². The van der Waals surface area contributed by atoms with Gasteiger partial charge in [0.15, 0.2) is 0 Å². The van der Waals surface area contributed by atoms with Crippen LogP contribution in [0.2, 0.25) is 0 Å². The smallest absolute Gasteiger partial charge is 0.226 e. The molecule has 1 aromatic carbocycles. The highest BCUT2D eigenvalue weighted by molar-refractivity contribution is 7.09. The van der Waals surface area contributed by atoms with E-state index >= 15 is 0 Å². The Labute approximate surface area is 136 Å². The number of nitrogens with zero attached hydrogens (tertiary/aromatic N) is 2. The van der Waals surface area contributed by atoms with Gasteiger partial charge in [-0.2, -0.15) is 0 Å². The summed E-state index contributed by atoms with van der Waals surface area (Å²) < 4.78 is 0. The van der Waals surface area contributed by atoms with Crippen LogP contribution >= 0.6 is 11.3 Å². The predicted molar refractivity (Wildman–Crippen MR) is 92.5 cm³/mol. The van der Waals surface area contributed by atoms with Crippen molar-refractivity contribution in [2.24, 2.45) is 0 Å². The number of rotatable bonds is 6. The molecule has 22 heavy (non-hydrogen) atoms. The minimum Gasteiger partial charge on any atom is -0.366 e. The third kappa shape index (κ3) is 4.31. The number of aromatic nitrogens is 1. The van der Waals surface area contributed by atoms with Crippen LogP contribution in [0.3, 0.4) is 0 Å². The van der Waals surface area contributed by atoms with E-state index in [1.54, 1.807) is 18.4 Å². The van der Waals surface area contributed by atoms with E-state index in [9.17, 15) is 4.79 Å². The monoisotopic (exact) mass is 317 g/mol. The summed E-state index contributed by atoms with van der Waals surface area (Å²) in [5, 5.41) is 5.54. The van der Waals surface area contributed by atoms with Gasteiger partial charge in [0, 0.05) is 24.7 Å². The molecule has 1 amide bonds. The molecule has 0 aliphatic heterocycles. The molecule has 118 valence electrons. The van der Waals surface area contributed by atoms with Crippen molar-refractivity contribution in [1.29, 1.82) is 0 Å². The van der Waals surface area contributed by atoms with E-state index < -0.39 is 0 Å². The summed E-state index contributed by atoms with van der Waals surface area (Å²) in [4.78, 5) is 18.3. The van der Waals surface area contributed by atoms with Gasteiger partial charge < -0.3 is 10.2 Å². The number of carbonyl (C=O) groups is 1. The summed E-state index contributed by atoms with van der Waals surface area (Å²) in [6.45, 7) is 8.08. The van der Waals surface area contributed by atoms with Crippen LogP contribution in [0.5, 0.6) is 0 Å². The van der Waals surface area contributed by atoms with Gasteiger partial charge in [-0.3, -0.25) is 4.79 Å². The number of likely N-dealkylation sites (N-methyl/N-ethyl adjacent to an activating group) is 1. The van der Waals surface area contributed by atoms with E-state index in [0.29, 0.717) is 6.42 Å². The molecule has 2 aromatic rings. The lowest BCUT2D eigenvalue weighted by atomic mass is 10.1. The highest BCUT2D eigenvalue weighted by Crippen LogP contribution is 2.21. The second-order valence-corrected chi connectivity index (χ2v) is 6.39. The van der Waals surface area contributed by atoms with E-state index in [1.807, 2.05) is 5.38 Å². The lowest BCUT2D eigenvalue weighted by Gasteiger charge is -2.23. The second-order valence-electron chi connectivity index (χ2n) is 5.44. The third-order valence-corrected chi connectivity index (χ3v) is 4.39. The van der Waals surface area contributed by atoms with E-state index in [-0.39, 0.29) is 5.91 Å². The van der Waals surface area contributed by atoms with Crippen LogP contribution in [-0.4, -0.2) is 24.5 Å². The van der Waals surface area contributed by atoms with Crippen molar-refractivity contribution in [3.05, 3.63) is 45.4 Å². The first-order chi connectivity index (χ1) is 10.5. The van der Waals surface area contributed by atoms with Gasteiger partial charge in [0.25, 0.3) is 0 Å². The van der Waals surface area contributed by atoms with Crippen molar-refractivity contribution < 1.29 is 4.79 Å². The highest BCUT2D eigenvalue weighted by Gasteiger charge is 2.11. The molecule has 1 aromatic heterocycles. The SMILES string of the molecule is CCN(Cc1csc(CC(=O)NC)n1)c1cc(C)cc(C)c1. The number of thiazole rings is 1. The van der Waals surface area contributed by atoms with Crippen LogP contribution in [-0.2, 0) is 17.8 Å². The molecule has 0 atom stereocenters. The molecular weight excluding hydrogens is 294 g/mol. The van der Waals surface area contributed by atoms with Crippen molar-refractivity contribution in [3.63, 3.8) is 0 Å². The van der Waals surface area contributed by atoms with Crippen LogP contribution in [0, 0.1) is 13.8 Å². The lowest BCUT2D eigenvalue weighted by molar-refractivity contribution is -0.119. The van der Waals surface area contributed by atoms with Gasteiger partial charge in [-0.25, -0.2) is 4.98 Å². The van der Waals surface area contributed by atoms with Crippen LogP contribution in [0.1, 0.15) is 28.8 Å². The molecule has 0 saturated heterocycles. The molecule has 0 aliphatic carbocycles. The fourth-order valence-corrected chi connectivity index (χ4v) is 3.23. The van der Waals surface area contributed by atoms with Gasteiger partial charge in [0.2, 0.25) is 5.91 Å². The summed E-state index contributed by atoms with van der Waals surface area (Å²) >= 11 is 1.55. The Morgan fingerprint density at radius 1 is 1.27 bits per heavy atom. The van der Waals surface area contributed by atoms with Gasteiger partial charge in [0.05, 0.1) is 18.7 Å². The second kappa shape index (κ2) is 7.40. The van der Waals surface area contributed by atoms with Crippen molar-refractivity contribution in [3.8, 4) is 0 Å². The number of aryl methyl sites for hydroxylation is 2. The van der Waals surface area contributed by atoms with Gasteiger partial charge in [-0.1, -0.05) is 6.07 Å². The number of hydrogen-bond donors (Lipinski definition) is 1. The number of carbonyl (C=O) groups excluding carboxylic acids is 1. The molecule has 0 fully saturated rings. The molecule has 0 aliphatic rings. The van der Waals surface area contributed by atoms with Crippen LogP contribution < -0.4 is 10.2 Å². The van der Waals surface area contributed by atoms with Crippen molar-refractivity contribution in [2.45, 2.75) is 33.7 Å². The summed E-state index contributed by atoms with van der Waals surface area (Å²) in [5.74, 6) is 0.00237.